The van der Waals surface area contributed by atoms with Crippen molar-refractivity contribution in [2.45, 2.75) is 284 Å². The Morgan fingerprint density at radius 2 is 0.587 bits per heavy atom. The van der Waals surface area contributed by atoms with E-state index in [2.05, 4.69) is 69.4 Å². The third kappa shape index (κ3) is 50.2. The van der Waals surface area contributed by atoms with Gasteiger partial charge in [-0.05, 0) is 77.0 Å². The zero-order valence-electron chi connectivity index (χ0n) is 41.8. The van der Waals surface area contributed by atoms with Crippen LogP contribution in [0.5, 0.6) is 0 Å². The van der Waals surface area contributed by atoms with Gasteiger partial charge in [-0.3, -0.25) is 14.4 Å². The first kappa shape index (κ1) is 60.4. The fourth-order valence-electron chi connectivity index (χ4n) is 7.67. The molecule has 0 spiro atoms. The molecule has 0 saturated carbocycles. The Labute approximate surface area is 390 Å². The minimum absolute atomic E-state index is 0.0826. The maximum Gasteiger partial charge on any atom is 0.306 e. The van der Waals surface area contributed by atoms with Crippen molar-refractivity contribution in [2.24, 2.45) is 0 Å². The Morgan fingerprint density at radius 3 is 0.984 bits per heavy atom. The number of unbranched alkanes of at least 4 members (excludes halogenated alkanes) is 30. The largest absolute Gasteiger partial charge is 0.462 e. The van der Waals surface area contributed by atoms with E-state index in [1.165, 1.54) is 148 Å². The predicted octanol–water partition coefficient (Wildman–Crippen LogP) is 17.9. The molecule has 0 fully saturated rings. The lowest BCUT2D eigenvalue weighted by Gasteiger charge is -2.18. The number of esters is 3. The molecule has 0 amide bonds. The van der Waals surface area contributed by atoms with Gasteiger partial charge in [0.25, 0.3) is 0 Å². The summed E-state index contributed by atoms with van der Waals surface area (Å²) >= 11 is 0. The van der Waals surface area contributed by atoms with Gasteiger partial charge in [0.15, 0.2) is 6.10 Å². The van der Waals surface area contributed by atoms with Crippen molar-refractivity contribution in [3.8, 4) is 0 Å². The molecule has 0 aliphatic carbocycles. The van der Waals surface area contributed by atoms with Gasteiger partial charge in [0.1, 0.15) is 13.2 Å². The molecule has 366 valence electrons. The van der Waals surface area contributed by atoms with Crippen LogP contribution in [0.4, 0.5) is 0 Å². The van der Waals surface area contributed by atoms with Crippen molar-refractivity contribution in [1.29, 1.82) is 0 Å². The number of ether oxygens (including phenoxy) is 3. The lowest BCUT2D eigenvalue weighted by Crippen LogP contribution is -2.30. The molecule has 1 atom stereocenters. The molecule has 0 heterocycles. The highest BCUT2D eigenvalue weighted by Crippen LogP contribution is 2.16. The SMILES string of the molecule is CCCC/C=C\CCCCCCCC(=O)OC[C@@H](COC(=O)CCCCCC/C=C\C/C=C\C/C=C\CCCCC)OC(=O)CCCCCCCCCCCCCCCCCCC. The molecule has 0 rings (SSSR count). The lowest BCUT2D eigenvalue weighted by molar-refractivity contribution is -0.167. The van der Waals surface area contributed by atoms with Gasteiger partial charge in [-0.2, -0.15) is 0 Å². The molecule has 0 aromatic heterocycles. The normalized spacial score (nSPS) is 12.4. The summed E-state index contributed by atoms with van der Waals surface area (Å²) in [6.07, 6.45) is 62.4. The molecular formula is C57H102O6. The topological polar surface area (TPSA) is 78.9 Å². The van der Waals surface area contributed by atoms with Crippen LogP contribution in [-0.4, -0.2) is 37.2 Å². The molecule has 0 N–H and O–H groups in total. The van der Waals surface area contributed by atoms with E-state index in [1.807, 2.05) is 0 Å². The summed E-state index contributed by atoms with van der Waals surface area (Å²) < 4.78 is 16.8. The van der Waals surface area contributed by atoms with Crippen molar-refractivity contribution >= 4 is 17.9 Å². The third-order valence-electron chi connectivity index (χ3n) is 11.8. The van der Waals surface area contributed by atoms with Crippen LogP contribution in [0.2, 0.25) is 0 Å². The molecule has 63 heavy (non-hydrogen) atoms. The van der Waals surface area contributed by atoms with E-state index in [0.29, 0.717) is 19.3 Å². The van der Waals surface area contributed by atoms with E-state index in [0.717, 1.165) is 89.9 Å². The van der Waals surface area contributed by atoms with Crippen LogP contribution in [-0.2, 0) is 28.6 Å². The summed E-state index contributed by atoms with van der Waals surface area (Å²) in [6, 6.07) is 0. The van der Waals surface area contributed by atoms with Crippen molar-refractivity contribution in [3.63, 3.8) is 0 Å². The second-order valence-corrected chi connectivity index (χ2v) is 18.1. The number of carbonyl (C=O) groups excluding carboxylic acids is 3. The molecule has 6 nitrogen and oxygen atoms in total. The average molecular weight is 883 g/mol. The number of rotatable bonds is 49. The fourth-order valence-corrected chi connectivity index (χ4v) is 7.67. The Morgan fingerprint density at radius 1 is 0.317 bits per heavy atom. The summed E-state index contributed by atoms with van der Waals surface area (Å²) in [4.78, 5) is 38.0. The third-order valence-corrected chi connectivity index (χ3v) is 11.8. The monoisotopic (exact) mass is 883 g/mol. The van der Waals surface area contributed by atoms with Crippen LogP contribution < -0.4 is 0 Å². The summed E-state index contributed by atoms with van der Waals surface area (Å²) in [5.41, 5.74) is 0. The smallest absolute Gasteiger partial charge is 0.306 e. The fraction of sp³-hybridized carbons (Fsp3) is 0.807. The van der Waals surface area contributed by atoms with Crippen LogP contribution in [0.15, 0.2) is 48.6 Å². The highest BCUT2D eigenvalue weighted by atomic mass is 16.6. The van der Waals surface area contributed by atoms with Gasteiger partial charge in [0, 0.05) is 19.3 Å². The van der Waals surface area contributed by atoms with Gasteiger partial charge in [0.05, 0.1) is 0 Å². The molecular weight excluding hydrogens is 781 g/mol. The molecule has 0 bridgehead atoms. The van der Waals surface area contributed by atoms with Gasteiger partial charge >= 0.3 is 17.9 Å². The van der Waals surface area contributed by atoms with E-state index in [1.54, 1.807) is 0 Å². The first-order chi connectivity index (χ1) is 31.0. The lowest BCUT2D eigenvalue weighted by atomic mass is 10.0. The maximum atomic E-state index is 12.8. The van der Waals surface area contributed by atoms with Crippen molar-refractivity contribution in [2.75, 3.05) is 13.2 Å². The molecule has 0 radical (unpaired) electrons. The number of allylic oxidation sites excluding steroid dienone is 8. The van der Waals surface area contributed by atoms with Gasteiger partial charge in [-0.25, -0.2) is 0 Å². The van der Waals surface area contributed by atoms with Crippen LogP contribution >= 0.6 is 0 Å². The Hall–Kier alpha value is -2.63. The summed E-state index contributed by atoms with van der Waals surface area (Å²) in [5.74, 6) is -0.903. The first-order valence-electron chi connectivity index (χ1n) is 27.1. The summed E-state index contributed by atoms with van der Waals surface area (Å²) in [6.45, 7) is 6.57. The minimum atomic E-state index is -0.782. The standard InChI is InChI=1S/C57H102O6/c1-4-7-10-13-16-19-22-24-26-28-30-32-35-38-41-44-47-50-56(59)62-53-54(52-61-55(58)49-46-43-40-37-34-21-18-15-12-9-6-3)63-57(60)51-48-45-42-39-36-33-31-29-27-25-23-20-17-14-11-8-5-2/h15-16,18-19,24,26,30,32,54H,4-14,17,20-23,25,27-29,31,33-53H2,1-3H3/b18-15-,19-16-,26-24-,32-30-/t54-/m0/s1. The molecule has 0 unspecified atom stereocenters. The van der Waals surface area contributed by atoms with E-state index >= 15 is 0 Å². The van der Waals surface area contributed by atoms with Gasteiger partial charge < -0.3 is 14.2 Å². The highest BCUT2D eigenvalue weighted by Gasteiger charge is 2.19. The second kappa shape index (κ2) is 52.0. The van der Waals surface area contributed by atoms with Gasteiger partial charge in [-0.15, -0.1) is 0 Å². The Bertz CT molecular complexity index is 1110. The van der Waals surface area contributed by atoms with Crippen LogP contribution in [0.3, 0.4) is 0 Å². The van der Waals surface area contributed by atoms with E-state index in [4.69, 9.17) is 14.2 Å². The number of hydrogen-bond donors (Lipinski definition) is 0. The van der Waals surface area contributed by atoms with E-state index in [-0.39, 0.29) is 31.1 Å². The van der Waals surface area contributed by atoms with Gasteiger partial charge in [-0.1, -0.05) is 230 Å². The van der Waals surface area contributed by atoms with Crippen LogP contribution in [0, 0.1) is 0 Å². The van der Waals surface area contributed by atoms with Gasteiger partial charge in [0.2, 0.25) is 0 Å². The van der Waals surface area contributed by atoms with Crippen molar-refractivity contribution in [1.82, 2.24) is 0 Å². The molecule has 0 aromatic rings. The predicted molar refractivity (Wildman–Crippen MR) is 270 cm³/mol. The summed E-state index contributed by atoms with van der Waals surface area (Å²) in [7, 11) is 0. The summed E-state index contributed by atoms with van der Waals surface area (Å²) in [5, 5.41) is 0. The van der Waals surface area contributed by atoms with Crippen molar-refractivity contribution in [3.05, 3.63) is 48.6 Å². The molecule has 6 heteroatoms. The van der Waals surface area contributed by atoms with Crippen LogP contribution in [0.25, 0.3) is 0 Å². The maximum absolute atomic E-state index is 12.8. The van der Waals surface area contributed by atoms with E-state index < -0.39 is 6.10 Å². The Kier molecular flexibility index (Phi) is 49.8. The second-order valence-electron chi connectivity index (χ2n) is 18.1. The van der Waals surface area contributed by atoms with Crippen molar-refractivity contribution < 1.29 is 28.6 Å². The average Bonchev–Trinajstić information content (AvgIpc) is 3.28. The minimum Gasteiger partial charge on any atom is -0.462 e. The molecule has 0 aliphatic heterocycles. The van der Waals surface area contributed by atoms with E-state index in [9.17, 15) is 14.4 Å². The van der Waals surface area contributed by atoms with Crippen LogP contribution in [0.1, 0.15) is 278 Å². The number of hydrogen-bond acceptors (Lipinski definition) is 6. The zero-order chi connectivity index (χ0) is 45.8. The first-order valence-corrected chi connectivity index (χ1v) is 27.1. The molecule has 0 saturated heterocycles. The number of carbonyl (C=O) groups is 3. The molecule has 0 aliphatic rings. The quantitative estimate of drug-likeness (QED) is 0.0262. The zero-order valence-corrected chi connectivity index (χ0v) is 41.8. The highest BCUT2D eigenvalue weighted by molar-refractivity contribution is 5.71. The Balaban J connectivity index is 4.37. The molecule has 0 aromatic carbocycles.